The molecule has 30 heavy (non-hydrogen) atoms. The Morgan fingerprint density at radius 2 is 1.67 bits per heavy atom. The van der Waals surface area contributed by atoms with Crippen molar-refractivity contribution in [3.63, 3.8) is 0 Å². The summed E-state index contributed by atoms with van der Waals surface area (Å²) in [5.74, 6) is 1.46. The topological polar surface area (TPSA) is 73.0 Å². The molecule has 0 amide bonds. The van der Waals surface area contributed by atoms with E-state index in [0.29, 0.717) is 5.95 Å². The van der Waals surface area contributed by atoms with E-state index in [2.05, 4.69) is 85.0 Å². The Hall–Kier alpha value is -3.61. The summed E-state index contributed by atoms with van der Waals surface area (Å²) in [5, 5.41) is 12.9. The fourth-order valence-corrected chi connectivity index (χ4v) is 4.00. The minimum atomic E-state index is 0.581. The van der Waals surface area contributed by atoms with Gasteiger partial charge < -0.3 is 20.1 Å². The molecule has 1 aliphatic rings. The van der Waals surface area contributed by atoms with Crippen LogP contribution in [0.3, 0.4) is 0 Å². The van der Waals surface area contributed by atoms with Crippen LogP contribution in [0.5, 0.6) is 0 Å². The molecule has 0 unspecified atom stereocenters. The van der Waals surface area contributed by atoms with Crippen LogP contribution in [0.25, 0.3) is 10.9 Å². The van der Waals surface area contributed by atoms with E-state index in [0.717, 1.165) is 45.0 Å². The van der Waals surface area contributed by atoms with Gasteiger partial charge in [-0.2, -0.15) is 10.1 Å². The number of aromatic nitrogens is 4. The van der Waals surface area contributed by atoms with Crippen molar-refractivity contribution in [1.29, 1.82) is 0 Å². The number of piperazine rings is 1. The molecule has 5 rings (SSSR count). The van der Waals surface area contributed by atoms with Gasteiger partial charge in [-0.1, -0.05) is 36.4 Å². The minimum Gasteiger partial charge on any atom is -0.368 e. The van der Waals surface area contributed by atoms with Gasteiger partial charge in [-0.05, 0) is 30.2 Å². The number of para-hydroxylation sites is 2. The molecular formula is C23H25N7. The van der Waals surface area contributed by atoms with Crippen molar-refractivity contribution in [2.24, 2.45) is 0 Å². The molecule has 1 aliphatic heterocycles. The highest BCUT2D eigenvalue weighted by Gasteiger charge is 2.19. The number of aromatic amines is 1. The molecule has 1 saturated heterocycles. The number of nitrogens with one attached hydrogen (secondary N) is 2. The summed E-state index contributed by atoms with van der Waals surface area (Å²) in [4.78, 5) is 12.7. The Balaban J connectivity index is 1.18. The summed E-state index contributed by atoms with van der Waals surface area (Å²) >= 11 is 0. The van der Waals surface area contributed by atoms with E-state index in [1.54, 1.807) is 6.20 Å². The van der Waals surface area contributed by atoms with E-state index >= 15 is 0 Å². The number of hydrogen-bond donors (Lipinski definition) is 2. The van der Waals surface area contributed by atoms with Crippen molar-refractivity contribution >= 4 is 28.4 Å². The first-order chi connectivity index (χ1) is 14.9. The van der Waals surface area contributed by atoms with Crippen molar-refractivity contribution in [3.8, 4) is 0 Å². The molecule has 4 aromatic rings. The van der Waals surface area contributed by atoms with Gasteiger partial charge in [0.1, 0.15) is 0 Å². The lowest BCUT2D eigenvalue weighted by atomic mass is 10.1. The Morgan fingerprint density at radius 1 is 0.900 bits per heavy atom. The lowest BCUT2D eigenvalue weighted by molar-refractivity contribution is 0.644. The fourth-order valence-electron chi connectivity index (χ4n) is 4.00. The Labute approximate surface area is 175 Å². The summed E-state index contributed by atoms with van der Waals surface area (Å²) in [6, 6.07) is 18.9. The SMILES string of the molecule is c1ccc(N2CCN(c3cnnc(NCCc4c[nH]c5ccccc45)n3)CC2)cc1. The zero-order valence-corrected chi connectivity index (χ0v) is 16.8. The largest absolute Gasteiger partial charge is 0.368 e. The van der Waals surface area contributed by atoms with E-state index in [4.69, 9.17) is 4.98 Å². The van der Waals surface area contributed by atoms with Gasteiger partial charge in [0.15, 0.2) is 5.82 Å². The van der Waals surface area contributed by atoms with Gasteiger partial charge in [-0.15, -0.1) is 5.10 Å². The van der Waals surface area contributed by atoms with Crippen LogP contribution in [-0.4, -0.2) is 52.9 Å². The van der Waals surface area contributed by atoms with E-state index in [-0.39, 0.29) is 0 Å². The number of H-pyrrole nitrogens is 1. The summed E-state index contributed by atoms with van der Waals surface area (Å²) in [6.45, 7) is 4.54. The smallest absolute Gasteiger partial charge is 0.244 e. The monoisotopic (exact) mass is 399 g/mol. The van der Waals surface area contributed by atoms with Gasteiger partial charge in [0, 0.05) is 55.5 Å². The molecule has 7 heteroatoms. The van der Waals surface area contributed by atoms with Gasteiger partial charge in [0.25, 0.3) is 0 Å². The summed E-state index contributed by atoms with van der Waals surface area (Å²) in [5.41, 5.74) is 3.74. The first kappa shape index (κ1) is 18.4. The van der Waals surface area contributed by atoms with E-state index in [1.165, 1.54) is 22.2 Å². The lowest BCUT2D eigenvalue weighted by Crippen LogP contribution is -2.46. The summed E-state index contributed by atoms with van der Waals surface area (Å²) in [7, 11) is 0. The molecule has 1 fully saturated rings. The van der Waals surface area contributed by atoms with Crippen molar-refractivity contribution in [3.05, 3.63) is 72.6 Å². The summed E-state index contributed by atoms with van der Waals surface area (Å²) in [6.07, 6.45) is 4.73. The van der Waals surface area contributed by atoms with Gasteiger partial charge in [-0.25, -0.2) is 0 Å². The second-order valence-corrected chi connectivity index (χ2v) is 7.48. The van der Waals surface area contributed by atoms with Gasteiger partial charge >= 0.3 is 0 Å². The highest BCUT2D eigenvalue weighted by Crippen LogP contribution is 2.20. The quantitative estimate of drug-likeness (QED) is 0.518. The number of rotatable bonds is 6. The zero-order valence-electron chi connectivity index (χ0n) is 16.8. The van der Waals surface area contributed by atoms with Crippen molar-refractivity contribution in [1.82, 2.24) is 20.2 Å². The van der Waals surface area contributed by atoms with Crippen molar-refractivity contribution in [2.45, 2.75) is 6.42 Å². The Kier molecular flexibility index (Phi) is 5.16. The van der Waals surface area contributed by atoms with Crippen molar-refractivity contribution < 1.29 is 0 Å². The zero-order chi connectivity index (χ0) is 20.2. The van der Waals surface area contributed by atoms with Crippen LogP contribution in [0.15, 0.2) is 67.0 Å². The number of fused-ring (bicyclic) bond motifs is 1. The van der Waals surface area contributed by atoms with Crippen molar-refractivity contribution in [2.75, 3.05) is 47.8 Å². The van der Waals surface area contributed by atoms with E-state index < -0.39 is 0 Å². The maximum absolute atomic E-state index is 4.69. The maximum atomic E-state index is 4.69. The third-order valence-electron chi connectivity index (χ3n) is 5.62. The van der Waals surface area contributed by atoms with Crippen LogP contribution in [0.1, 0.15) is 5.56 Å². The number of anilines is 3. The first-order valence-electron chi connectivity index (χ1n) is 10.4. The van der Waals surface area contributed by atoms with Crippen LogP contribution in [0.2, 0.25) is 0 Å². The minimum absolute atomic E-state index is 0.581. The molecule has 0 radical (unpaired) electrons. The second kappa shape index (κ2) is 8.41. The van der Waals surface area contributed by atoms with Crippen LogP contribution >= 0.6 is 0 Å². The Morgan fingerprint density at radius 3 is 2.53 bits per heavy atom. The van der Waals surface area contributed by atoms with Gasteiger partial charge in [0.05, 0.1) is 6.20 Å². The first-order valence-corrected chi connectivity index (χ1v) is 10.4. The predicted molar refractivity (Wildman–Crippen MR) is 121 cm³/mol. The lowest BCUT2D eigenvalue weighted by Gasteiger charge is -2.36. The fraction of sp³-hybridized carbons (Fsp3) is 0.261. The third-order valence-corrected chi connectivity index (χ3v) is 5.62. The molecule has 152 valence electrons. The van der Waals surface area contributed by atoms with Crippen LogP contribution < -0.4 is 15.1 Å². The highest BCUT2D eigenvalue weighted by atomic mass is 15.3. The average Bonchev–Trinajstić information content (AvgIpc) is 3.23. The maximum Gasteiger partial charge on any atom is 0.244 e. The molecule has 3 heterocycles. The molecule has 0 bridgehead atoms. The van der Waals surface area contributed by atoms with Crippen LogP contribution in [0, 0.1) is 0 Å². The van der Waals surface area contributed by atoms with Gasteiger partial charge in [-0.3, -0.25) is 0 Å². The normalized spacial score (nSPS) is 14.3. The summed E-state index contributed by atoms with van der Waals surface area (Å²) < 4.78 is 0. The van der Waals surface area contributed by atoms with Crippen LogP contribution in [0.4, 0.5) is 17.5 Å². The number of benzene rings is 2. The Bertz CT molecular complexity index is 1100. The number of hydrogen-bond acceptors (Lipinski definition) is 6. The third kappa shape index (κ3) is 3.91. The van der Waals surface area contributed by atoms with Gasteiger partial charge in [0.2, 0.25) is 5.95 Å². The molecule has 0 spiro atoms. The average molecular weight is 400 g/mol. The molecular weight excluding hydrogens is 374 g/mol. The standard InChI is InChI=1S/C23H25N7/c1-2-6-19(7-3-1)29-12-14-30(15-13-29)22-17-26-28-23(27-22)24-11-10-18-16-25-21-9-5-4-8-20(18)21/h1-9,16-17,25H,10-15H2,(H,24,27,28). The second-order valence-electron chi connectivity index (χ2n) is 7.48. The highest BCUT2D eigenvalue weighted by molar-refractivity contribution is 5.83. The molecule has 0 atom stereocenters. The van der Waals surface area contributed by atoms with E-state index in [1.807, 2.05) is 6.07 Å². The van der Waals surface area contributed by atoms with E-state index in [9.17, 15) is 0 Å². The molecule has 7 nitrogen and oxygen atoms in total. The molecule has 2 aromatic carbocycles. The predicted octanol–water partition coefficient (Wildman–Crippen LogP) is 3.33. The molecule has 0 aliphatic carbocycles. The van der Waals surface area contributed by atoms with Crippen LogP contribution in [-0.2, 0) is 6.42 Å². The molecule has 2 N–H and O–H groups in total. The molecule has 0 saturated carbocycles. The molecule has 2 aromatic heterocycles. The number of nitrogens with zero attached hydrogens (tertiary/aromatic N) is 5.